The molecule has 0 heterocycles. The topological polar surface area (TPSA) is 52.6 Å². The third-order valence-corrected chi connectivity index (χ3v) is 3.58. The Kier molecular flexibility index (Phi) is 11.8. The second kappa shape index (κ2) is 14.2. The summed E-state index contributed by atoms with van der Waals surface area (Å²) in [6.45, 7) is 5.56. The van der Waals surface area contributed by atoms with Crippen molar-refractivity contribution in [1.29, 1.82) is 0 Å². The number of carbonyl (C=O) groups is 2. The highest BCUT2D eigenvalue weighted by molar-refractivity contribution is 5.73. The predicted molar refractivity (Wildman–Crippen MR) is 112 cm³/mol. The van der Waals surface area contributed by atoms with Crippen molar-refractivity contribution in [1.82, 2.24) is 0 Å². The minimum Gasteiger partial charge on any atom is -0.421 e. The van der Waals surface area contributed by atoms with Gasteiger partial charge in [0.25, 0.3) is 6.29 Å². The van der Waals surface area contributed by atoms with Crippen molar-refractivity contribution in [2.24, 2.45) is 5.92 Å². The van der Waals surface area contributed by atoms with Crippen LogP contribution < -0.4 is 0 Å². The SMILES string of the molecule is CC/C=C/C=CC=CC=CCCC(=O)OC(OC(=O)C(C)C)c1ccccc1. The third-order valence-electron chi connectivity index (χ3n) is 3.58. The van der Waals surface area contributed by atoms with Gasteiger partial charge in [-0.1, -0.05) is 99.7 Å². The average Bonchev–Trinajstić information content (AvgIpc) is 2.69. The van der Waals surface area contributed by atoms with Crippen LogP contribution in [-0.2, 0) is 19.1 Å². The molecule has 0 fully saturated rings. The van der Waals surface area contributed by atoms with Crippen molar-refractivity contribution in [2.75, 3.05) is 0 Å². The Morgan fingerprint density at radius 1 is 0.893 bits per heavy atom. The zero-order valence-electron chi connectivity index (χ0n) is 16.9. The zero-order valence-corrected chi connectivity index (χ0v) is 16.9. The normalized spacial score (nSPS) is 13.1. The Morgan fingerprint density at radius 3 is 2.11 bits per heavy atom. The van der Waals surface area contributed by atoms with Gasteiger partial charge in [0.05, 0.1) is 5.92 Å². The fourth-order valence-electron chi connectivity index (χ4n) is 2.04. The molecule has 0 aliphatic rings. The Bertz CT molecular complexity index is 697. The molecule has 1 aromatic rings. The lowest BCUT2D eigenvalue weighted by Crippen LogP contribution is -2.20. The first-order valence-corrected chi connectivity index (χ1v) is 9.64. The maximum Gasteiger partial charge on any atom is 0.311 e. The van der Waals surface area contributed by atoms with Crippen LogP contribution in [0.25, 0.3) is 0 Å². The molecule has 0 N–H and O–H groups in total. The van der Waals surface area contributed by atoms with Gasteiger partial charge in [0.1, 0.15) is 0 Å². The lowest BCUT2D eigenvalue weighted by molar-refractivity contribution is -0.192. The number of hydrogen-bond donors (Lipinski definition) is 0. The molecule has 0 saturated heterocycles. The van der Waals surface area contributed by atoms with Gasteiger partial charge in [-0.3, -0.25) is 9.59 Å². The van der Waals surface area contributed by atoms with E-state index < -0.39 is 18.2 Å². The molecule has 0 amide bonds. The number of rotatable bonds is 11. The molecule has 0 aliphatic heterocycles. The molecule has 0 aromatic heterocycles. The summed E-state index contributed by atoms with van der Waals surface area (Å²) in [5.74, 6) is -1.12. The smallest absolute Gasteiger partial charge is 0.311 e. The molecule has 1 rings (SSSR count). The van der Waals surface area contributed by atoms with Gasteiger partial charge in [-0.15, -0.1) is 0 Å². The van der Waals surface area contributed by atoms with Crippen LogP contribution in [0.2, 0.25) is 0 Å². The van der Waals surface area contributed by atoms with Gasteiger partial charge in [-0.2, -0.15) is 0 Å². The van der Waals surface area contributed by atoms with Crippen molar-refractivity contribution in [3.8, 4) is 0 Å². The van der Waals surface area contributed by atoms with E-state index in [4.69, 9.17) is 9.47 Å². The second-order valence-electron chi connectivity index (χ2n) is 6.40. The minimum atomic E-state index is -1.02. The lowest BCUT2D eigenvalue weighted by Gasteiger charge is -2.19. The monoisotopic (exact) mass is 382 g/mol. The van der Waals surface area contributed by atoms with Gasteiger partial charge >= 0.3 is 11.9 Å². The molecule has 4 nitrogen and oxygen atoms in total. The first kappa shape index (κ1) is 23.2. The van der Waals surface area contributed by atoms with Crippen molar-refractivity contribution in [3.05, 3.63) is 84.5 Å². The molecule has 4 heteroatoms. The van der Waals surface area contributed by atoms with E-state index in [1.165, 1.54) is 0 Å². The molecule has 0 spiro atoms. The molecule has 28 heavy (non-hydrogen) atoms. The molecule has 1 unspecified atom stereocenters. The van der Waals surface area contributed by atoms with Gasteiger partial charge in [0.15, 0.2) is 0 Å². The summed E-state index contributed by atoms with van der Waals surface area (Å²) < 4.78 is 10.7. The summed E-state index contributed by atoms with van der Waals surface area (Å²) in [7, 11) is 0. The number of allylic oxidation sites excluding steroid dienone is 8. The van der Waals surface area contributed by atoms with Crippen LogP contribution in [0.5, 0.6) is 0 Å². The van der Waals surface area contributed by atoms with Crippen LogP contribution in [0.4, 0.5) is 0 Å². The van der Waals surface area contributed by atoms with E-state index in [1.54, 1.807) is 38.1 Å². The Labute approximate surface area is 168 Å². The van der Waals surface area contributed by atoms with Crippen LogP contribution >= 0.6 is 0 Å². The summed E-state index contributed by atoms with van der Waals surface area (Å²) in [6, 6.07) is 8.99. The quantitative estimate of drug-likeness (QED) is 0.274. The van der Waals surface area contributed by atoms with Crippen LogP contribution in [0.1, 0.15) is 51.9 Å². The maximum atomic E-state index is 12.1. The van der Waals surface area contributed by atoms with E-state index in [2.05, 4.69) is 13.0 Å². The van der Waals surface area contributed by atoms with Crippen molar-refractivity contribution < 1.29 is 19.1 Å². The summed E-state index contributed by atoms with van der Waals surface area (Å²) >= 11 is 0. The van der Waals surface area contributed by atoms with Crippen LogP contribution in [0.3, 0.4) is 0 Å². The highest BCUT2D eigenvalue weighted by atomic mass is 16.7. The van der Waals surface area contributed by atoms with Crippen LogP contribution in [0, 0.1) is 5.92 Å². The minimum absolute atomic E-state index is 0.210. The van der Waals surface area contributed by atoms with Crippen molar-refractivity contribution in [3.63, 3.8) is 0 Å². The van der Waals surface area contributed by atoms with Gasteiger partial charge in [0.2, 0.25) is 0 Å². The molecular formula is C24H30O4. The zero-order chi connectivity index (χ0) is 20.6. The van der Waals surface area contributed by atoms with E-state index in [1.807, 2.05) is 48.6 Å². The predicted octanol–water partition coefficient (Wildman–Crippen LogP) is 5.84. The fraction of sp³-hybridized carbons (Fsp3) is 0.333. The van der Waals surface area contributed by atoms with E-state index in [0.717, 1.165) is 6.42 Å². The first-order valence-electron chi connectivity index (χ1n) is 9.64. The summed E-state index contributed by atoms with van der Waals surface area (Å²) in [4.78, 5) is 24.0. The summed E-state index contributed by atoms with van der Waals surface area (Å²) in [5, 5.41) is 0. The van der Waals surface area contributed by atoms with E-state index in [9.17, 15) is 9.59 Å². The van der Waals surface area contributed by atoms with Crippen molar-refractivity contribution in [2.45, 2.75) is 46.3 Å². The molecule has 0 aliphatic carbocycles. The number of benzene rings is 1. The molecule has 150 valence electrons. The number of esters is 2. The Balaban J connectivity index is 2.49. The first-order chi connectivity index (χ1) is 13.5. The summed E-state index contributed by atoms with van der Waals surface area (Å²) in [5.41, 5.74) is 0.632. The average molecular weight is 383 g/mol. The van der Waals surface area contributed by atoms with Gasteiger partial charge in [-0.25, -0.2) is 0 Å². The number of ether oxygens (including phenoxy) is 2. The van der Waals surface area contributed by atoms with E-state index in [0.29, 0.717) is 12.0 Å². The van der Waals surface area contributed by atoms with Gasteiger partial charge in [-0.05, 0) is 12.8 Å². The standard InChI is InChI=1S/C24H30O4/c1-4-5-6-7-8-9-10-11-12-16-19-22(25)27-24(28-23(26)20(2)3)21-17-14-13-15-18-21/h5-15,17-18,20,24H,4,16,19H2,1-3H3/b6-5+,8-7?,10-9?,12-11?. The number of carbonyl (C=O) groups excluding carboxylic acids is 2. The molecule has 1 atom stereocenters. The molecule has 0 saturated carbocycles. The number of hydrogen-bond acceptors (Lipinski definition) is 4. The third kappa shape index (κ3) is 10.3. The highest BCUT2D eigenvalue weighted by Crippen LogP contribution is 2.21. The molecule has 0 radical (unpaired) electrons. The largest absolute Gasteiger partial charge is 0.421 e. The lowest BCUT2D eigenvalue weighted by atomic mass is 10.2. The Hall–Kier alpha value is -2.88. The van der Waals surface area contributed by atoms with E-state index >= 15 is 0 Å². The fourth-order valence-corrected chi connectivity index (χ4v) is 2.04. The molecular weight excluding hydrogens is 352 g/mol. The van der Waals surface area contributed by atoms with Gasteiger partial charge < -0.3 is 9.47 Å². The van der Waals surface area contributed by atoms with Gasteiger partial charge in [0, 0.05) is 12.0 Å². The second-order valence-corrected chi connectivity index (χ2v) is 6.40. The van der Waals surface area contributed by atoms with Crippen molar-refractivity contribution >= 4 is 11.9 Å². The maximum absolute atomic E-state index is 12.1. The molecule has 0 bridgehead atoms. The highest BCUT2D eigenvalue weighted by Gasteiger charge is 2.22. The summed E-state index contributed by atoms with van der Waals surface area (Å²) in [6.07, 6.45) is 16.3. The van der Waals surface area contributed by atoms with E-state index in [-0.39, 0.29) is 12.3 Å². The molecule has 1 aromatic carbocycles. The van der Waals surface area contributed by atoms with Crippen LogP contribution in [0.15, 0.2) is 78.9 Å². The Morgan fingerprint density at radius 2 is 1.50 bits per heavy atom. The van der Waals surface area contributed by atoms with Crippen LogP contribution in [-0.4, -0.2) is 11.9 Å².